The number of aromatic amines is 1. The predicted molar refractivity (Wildman–Crippen MR) is 138 cm³/mol. The van der Waals surface area contributed by atoms with Crippen LogP contribution in [0, 0.1) is 11.6 Å². The van der Waals surface area contributed by atoms with Crippen LogP contribution in [0.3, 0.4) is 0 Å². The Morgan fingerprint density at radius 1 is 1.10 bits per heavy atom. The molecule has 0 aliphatic carbocycles. The van der Waals surface area contributed by atoms with E-state index in [9.17, 15) is 28.0 Å². The van der Waals surface area contributed by atoms with Gasteiger partial charge in [-0.1, -0.05) is 0 Å². The van der Waals surface area contributed by atoms with Crippen molar-refractivity contribution in [3.63, 3.8) is 0 Å². The van der Waals surface area contributed by atoms with Crippen molar-refractivity contribution >= 4 is 23.6 Å². The predicted octanol–water partition coefficient (Wildman–Crippen LogP) is 2.43. The smallest absolute Gasteiger partial charge is 0.410 e. The van der Waals surface area contributed by atoms with Gasteiger partial charge in [-0.05, 0) is 51.3 Å². The average Bonchev–Trinajstić information content (AvgIpc) is 3.29. The van der Waals surface area contributed by atoms with Gasteiger partial charge in [0, 0.05) is 25.1 Å². The molecular weight excluding hydrogens is 530 g/mol. The molecule has 40 heavy (non-hydrogen) atoms. The van der Waals surface area contributed by atoms with Crippen molar-refractivity contribution in [2.75, 3.05) is 20.2 Å². The summed E-state index contributed by atoms with van der Waals surface area (Å²) in [5.41, 5.74) is 4.08. The van der Waals surface area contributed by atoms with Gasteiger partial charge in [0.25, 0.3) is 11.5 Å². The molecule has 12 nitrogen and oxygen atoms in total. The number of carbonyl (C=O) groups is 3. The van der Waals surface area contributed by atoms with Crippen molar-refractivity contribution < 1.29 is 32.6 Å². The lowest BCUT2D eigenvalue weighted by Gasteiger charge is -2.33. The van der Waals surface area contributed by atoms with Crippen molar-refractivity contribution in [3.05, 3.63) is 63.2 Å². The van der Waals surface area contributed by atoms with E-state index >= 15 is 0 Å². The molecule has 1 saturated heterocycles. The van der Waals surface area contributed by atoms with Gasteiger partial charge in [0.15, 0.2) is 17.4 Å². The second-order valence-electron chi connectivity index (χ2n) is 10.4. The van der Waals surface area contributed by atoms with Crippen molar-refractivity contribution in [2.24, 2.45) is 0 Å². The van der Waals surface area contributed by atoms with Crippen molar-refractivity contribution in [1.82, 2.24) is 30.3 Å². The molecule has 1 aromatic carbocycles. The number of carbonyl (C=O) groups excluding carboxylic acids is 3. The summed E-state index contributed by atoms with van der Waals surface area (Å²) in [4.78, 5) is 54.1. The average molecular weight is 561 g/mol. The van der Waals surface area contributed by atoms with Gasteiger partial charge < -0.3 is 19.4 Å². The molecule has 214 valence electrons. The van der Waals surface area contributed by atoms with E-state index in [1.807, 2.05) is 0 Å². The van der Waals surface area contributed by atoms with Gasteiger partial charge in [-0.15, -0.1) is 0 Å². The van der Waals surface area contributed by atoms with Crippen LogP contribution in [0.2, 0.25) is 0 Å². The Morgan fingerprint density at radius 3 is 2.35 bits per heavy atom. The second-order valence-corrected chi connectivity index (χ2v) is 10.4. The molecule has 3 N–H and O–H groups in total. The third-order valence-electron chi connectivity index (χ3n) is 6.29. The molecule has 0 atom stereocenters. The number of H-pyrrole nitrogens is 1. The lowest BCUT2D eigenvalue weighted by atomic mass is 9.93. The van der Waals surface area contributed by atoms with Gasteiger partial charge in [0.05, 0.1) is 25.4 Å². The summed E-state index contributed by atoms with van der Waals surface area (Å²) in [5.74, 6) is -4.09. The van der Waals surface area contributed by atoms with Crippen molar-refractivity contribution in [2.45, 2.75) is 51.6 Å². The van der Waals surface area contributed by atoms with E-state index in [-0.39, 0.29) is 22.7 Å². The number of piperidine rings is 1. The number of rotatable bonds is 5. The Morgan fingerprint density at radius 2 is 1.75 bits per heavy atom. The highest BCUT2D eigenvalue weighted by atomic mass is 19.1. The number of hydrogen-bond donors (Lipinski definition) is 3. The number of nitrogens with zero attached hydrogens (tertiary/aromatic N) is 3. The van der Waals surface area contributed by atoms with Crippen LogP contribution >= 0.6 is 0 Å². The molecule has 1 aliphatic heterocycles. The Balaban J connectivity index is 1.42. The summed E-state index contributed by atoms with van der Waals surface area (Å²) in [7, 11) is 1.12. The van der Waals surface area contributed by atoms with Crippen LogP contribution in [-0.4, -0.2) is 63.2 Å². The Labute approximate surface area is 227 Å². The van der Waals surface area contributed by atoms with Crippen LogP contribution in [0.25, 0.3) is 5.65 Å². The molecule has 0 bridgehead atoms. The van der Waals surface area contributed by atoms with Crippen LogP contribution in [0.4, 0.5) is 13.6 Å². The molecule has 0 radical (unpaired) electrons. The summed E-state index contributed by atoms with van der Waals surface area (Å²) in [5, 5.41) is 4.26. The third kappa shape index (κ3) is 6.38. The summed E-state index contributed by atoms with van der Waals surface area (Å²) in [6.45, 7) is 6.24. The quantitative estimate of drug-likeness (QED) is 0.406. The SMILES string of the molecule is COc1c(F)cc(CC(=O)NNC(=O)c2cnn3c(C4CCN(C(=O)OC(C)(C)C)CC4)cc(=O)[nH]c23)cc1F. The molecule has 14 heteroatoms. The molecule has 1 aliphatic rings. The minimum absolute atomic E-state index is 0.00743. The van der Waals surface area contributed by atoms with Crippen LogP contribution in [0.1, 0.15) is 61.1 Å². The Bertz CT molecular complexity index is 1480. The van der Waals surface area contributed by atoms with Crippen molar-refractivity contribution in [3.8, 4) is 5.75 Å². The number of aromatic nitrogens is 3. The molecule has 0 unspecified atom stereocenters. The lowest BCUT2D eigenvalue weighted by molar-refractivity contribution is -0.121. The molecule has 3 heterocycles. The fraction of sp³-hybridized carbons (Fsp3) is 0.423. The number of methoxy groups -OCH3 is 1. The molecule has 2 aromatic heterocycles. The summed E-state index contributed by atoms with van der Waals surface area (Å²) >= 11 is 0. The first-order valence-electron chi connectivity index (χ1n) is 12.6. The normalized spacial score (nSPS) is 14.2. The third-order valence-corrected chi connectivity index (χ3v) is 6.29. The summed E-state index contributed by atoms with van der Waals surface area (Å²) in [6.07, 6.45) is 1.55. The number of likely N-dealkylation sites (tertiary alicyclic amines) is 1. The van der Waals surface area contributed by atoms with Gasteiger partial charge in [-0.25, -0.2) is 18.1 Å². The Hall–Kier alpha value is -4.49. The molecule has 3 aromatic rings. The molecule has 0 spiro atoms. The Kier molecular flexibility index (Phi) is 8.07. The maximum Gasteiger partial charge on any atom is 0.410 e. The number of amides is 3. The van der Waals surface area contributed by atoms with Crippen LogP contribution < -0.4 is 21.1 Å². The minimum Gasteiger partial charge on any atom is -0.491 e. The zero-order chi connectivity index (χ0) is 29.2. The highest BCUT2D eigenvalue weighted by Gasteiger charge is 2.29. The van der Waals surface area contributed by atoms with E-state index in [0.717, 1.165) is 19.2 Å². The minimum atomic E-state index is -0.962. The molecular formula is C26H30F2N6O6. The van der Waals surface area contributed by atoms with Crippen molar-refractivity contribution in [1.29, 1.82) is 0 Å². The first-order valence-corrected chi connectivity index (χ1v) is 12.6. The molecule has 0 saturated carbocycles. The highest BCUT2D eigenvalue weighted by Crippen LogP contribution is 2.29. The number of hydrazine groups is 1. The fourth-order valence-corrected chi connectivity index (χ4v) is 4.49. The second kappa shape index (κ2) is 11.3. The van der Waals surface area contributed by atoms with Gasteiger partial charge in [-0.2, -0.15) is 5.10 Å². The van der Waals surface area contributed by atoms with Gasteiger partial charge in [-0.3, -0.25) is 25.2 Å². The van der Waals surface area contributed by atoms with Crippen LogP contribution in [0.5, 0.6) is 5.75 Å². The number of benzene rings is 1. The number of fused-ring (bicyclic) bond motifs is 1. The van der Waals surface area contributed by atoms with Gasteiger partial charge >= 0.3 is 6.09 Å². The lowest BCUT2D eigenvalue weighted by Crippen LogP contribution is -2.42. The maximum absolute atomic E-state index is 13.9. The van der Waals surface area contributed by atoms with Gasteiger partial charge in [0.2, 0.25) is 5.91 Å². The first kappa shape index (κ1) is 28.5. The van der Waals surface area contributed by atoms with Gasteiger partial charge in [0.1, 0.15) is 16.8 Å². The number of ether oxygens (including phenoxy) is 2. The van der Waals surface area contributed by atoms with E-state index in [1.165, 1.54) is 16.8 Å². The van der Waals surface area contributed by atoms with E-state index in [1.54, 1.807) is 25.7 Å². The zero-order valence-electron chi connectivity index (χ0n) is 22.5. The standard InChI is InChI=1S/C26H30F2N6O6/c1-26(2,3)40-25(38)33-7-5-15(6-8-33)19-12-20(35)30-23-16(13-29-34(19)23)24(37)32-31-21(36)11-14-9-17(27)22(39-4)18(28)10-14/h9-10,12-13,15H,5-8,11H2,1-4H3,(H,30,35)(H,31,36)(H,32,37). The largest absolute Gasteiger partial charge is 0.491 e. The monoisotopic (exact) mass is 560 g/mol. The topological polar surface area (TPSA) is 147 Å². The molecule has 1 fully saturated rings. The van der Waals surface area contributed by atoms with E-state index in [4.69, 9.17) is 4.74 Å². The number of halogens is 2. The zero-order valence-corrected chi connectivity index (χ0v) is 22.5. The van der Waals surface area contributed by atoms with Crippen LogP contribution in [-0.2, 0) is 16.0 Å². The molecule has 4 rings (SSSR count). The first-order chi connectivity index (χ1) is 18.9. The van der Waals surface area contributed by atoms with E-state index in [2.05, 4.69) is 25.7 Å². The summed E-state index contributed by atoms with van der Waals surface area (Å²) < 4.78 is 39.3. The summed E-state index contributed by atoms with van der Waals surface area (Å²) in [6, 6.07) is 3.32. The van der Waals surface area contributed by atoms with E-state index in [0.29, 0.717) is 31.6 Å². The fourth-order valence-electron chi connectivity index (χ4n) is 4.49. The maximum atomic E-state index is 13.9. The molecule has 3 amide bonds. The van der Waals surface area contributed by atoms with E-state index < -0.39 is 52.9 Å². The number of hydrogen-bond acceptors (Lipinski definition) is 7. The van der Waals surface area contributed by atoms with Crippen LogP contribution in [0.15, 0.2) is 29.2 Å². The highest BCUT2D eigenvalue weighted by molar-refractivity contribution is 6.00. The number of nitrogens with one attached hydrogen (secondary N) is 3.